The summed E-state index contributed by atoms with van der Waals surface area (Å²) in [5.74, 6) is -0.0198. The Kier molecular flexibility index (Phi) is 6.00. The number of furan rings is 1. The molecule has 0 saturated carbocycles. The van der Waals surface area contributed by atoms with Gasteiger partial charge in [0.15, 0.2) is 10.6 Å². The largest absolute Gasteiger partial charge is 0.459 e. The zero-order chi connectivity index (χ0) is 21.8. The van der Waals surface area contributed by atoms with Crippen LogP contribution in [0.2, 0.25) is 0 Å². The van der Waals surface area contributed by atoms with Gasteiger partial charge >= 0.3 is 0 Å². The number of amides is 1. The fourth-order valence-corrected chi connectivity index (χ4v) is 4.89. The van der Waals surface area contributed by atoms with E-state index in [1.165, 1.54) is 17.6 Å². The minimum absolute atomic E-state index is 0.121. The standard InChI is InChI=1S/C25H23N3O3S/c29-23(21-14-8-16-31-21)27-24-22(18-9-3-1-4-10-18)28(17-20-13-7-15-30-20)25(32-24)26-19-11-5-2-6-12-19/h1-6,8-12,14,16,20H,7,13,15,17H2,(H,27,29)/t20-/m1/s1. The average molecular weight is 446 g/mol. The number of aromatic nitrogens is 1. The predicted octanol–water partition coefficient (Wildman–Crippen LogP) is 5.47. The lowest BCUT2D eigenvalue weighted by Gasteiger charge is -2.15. The molecule has 2 aromatic carbocycles. The Bertz CT molecular complexity index is 1240. The molecule has 6 nitrogen and oxygen atoms in total. The maximum absolute atomic E-state index is 12.8. The van der Waals surface area contributed by atoms with E-state index in [4.69, 9.17) is 14.1 Å². The highest BCUT2D eigenvalue weighted by molar-refractivity contribution is 7.14. The zero-order valence-electron chi connectivity index (χ0n) is 17.4. The number of carbonyl (C=O) groups excluding carboxylic acids is 1. The van der Waals surface area contributed by atoms with Gasteiger partial charge in [-0.1, -0.05) is 59.9 Å². The monoisotopic (exact) mass is 445 g/mol. The third-order valence-electron chi connectivity index (χ3n) is 5.32. The number of nitrogens with one attached hydrogen (secondary N) is 1. The van der Waals surface area contributed by atoms with E-state index >= 15 is 0 Å². The highest BCUT2D eigenvalue weighted by Gasteiger charge is 2.23. The molecule has 0 radical (unpaired) electrons. The van der Waals surface area contributed by atoms with E-state index < -0.39 is 0 Å². The molecule has 4 aromatic rings. The summed E-state index contributed by atoms with van der Waals surface area (Å²) < 4.78 is 13.4. The van der Waals surface area contributed by atoms with Gasteiger partial charge < -0.3 is 19.0 Å². The van der Waals surface area contributed by atoms with Crippen molar-refractivity contribution in [1.29, 1.82) is 0 Å². The fraction of sp³-hybridized carbons (Fsp3) is 0.200. The first-order chi connectivity index (χ1) is 15.8. The molecule has 1 saturated heterocycles. The molecule has 162 valence electrons. The van der Waals surface area contributed by atoms with Crippen LogP contribution in [-0.2, 0) is 11.3 Å². The summed E-state index contributed by atoms with van der Waals surface area (Å²) in [7, 11) is 0. The molecule has 0 unspecified atom stereocenters. The Labute approximate surface area is 189 Å². The van der Waals surface area contributed by atoms with Crippen molar-refractivity contribution in [3.63, 3.8) is 0 Å². The average Bonchev–Trinajstić information content (AvgIpc) is 3.58. The third kappa shape index (κ3) is 4.44. The van der Waals surface area contributed by atoms with Crippen LogP contribution in [0.3, 0.4) is 0 Å². The molecule has 1 N–H and O–H groups in total. The summed E-state index contributed by atoms with van der Waals surface area (Å²) in [6, 6.07) is 23.3. The molecule has 2 aromatic heterocycles. The van der Waals surface area contributed by atoms with Gasteiger partial charge in [0.05, 0.1) is 30.3 Å². The third-order valence-corrected chi connectivity index (χ3v) is 6.31. The number of hydrogen-bond donors (Lipinski definition) is 1. The van der Waals surface area contributed by atoms with Gasteiger partial charge in [0, 0.05) is 12.2 Å². The Morgan fingerprint density at radius 2 is 1.84 bits per heavy atom. The normalized spacial score (nSPS) is 16.4. The van der Waals surface area contributed by atoms with Crippen molar-refractivity contribution in [3.05, 3.63) is 89.6 Å². The molecular formula is C25H23N3O3S. The summed E-state index contributed by atoms with van der Waals surface area (Å²) in [6.45, 7) is 1.45. The molecular weight excluding hydrogens is 422 g/mol. The van der Waals surface area contributed by atoms with Crippen molar-refractivity contribution in [2.75, 3.05) is 11.9 Å². The summed E-state index contributed by atoms with van der Waals surface area (Å²) >= 11 is 1.45. The van der Waals surface area contributed by atoms with Crippen molar-refractivity contribution < 1.29 is 13.9 Å². The minimum Gasteiger partial charge on any atom is -0.459 e. The van der Waals surface area contributed by atoms with Crippen LogP contribution < -0.4 is 10.1 Å². The molecule has 1 atom stereocenters. The number of para-hydroxylation sites is 1. The SMILES string of the molecule is O=C(Nc1sc(=Nc2ccccc2)n(C[C@H]2CCCO2)c1-c1ccccc1)c1ccco1. The highest BCUT2D eigenvalue weighted by atomic mass is 32.1. The second kappa shape index (κ2) is 9.38. The molecule has 32 heavy (non-hydrogen) atoms. The molecule has 1 aliphatic rings. The molecule has 5 rings (SSSR count). The van der Waals surface area contributed by atoms with Crippen molar-refractivity contribution in [2.45, 2.75) is 25.5 Å². The number of anilines is 1. The van der Waals surface area contributed by atoms with Crippen molar-refractivity contribution in [2.24, 2.45) is 4.99 Å². The topological polar surface area (TPSA) is 68.8 Å². The Balaban J connectivity index is 1.66. The van der Waals surface area contributed by atoms with Crippen LogP contribution in [0.5, 0.6) is 0 Å². The van der Waals surface area contributed by atoms with Gasteiger partial charge in [-0.15, -0.1) is 0 Å². The number of thiazole rings is 1. The van der Waals surface area contributed by atoms with Gasteiger partial charge in [0.1, 0.15) is 5.00 Å². The van der Waals surface area contributed by atoms with Gasteiger partial charge in [-0.05, 0) is 37.1 Å². The number of hydrogen-bond acceptors (Lipinski definition) is 5. The first-order valence-electron chi connectivity index (χ1n) is 10.6. The van der Waals surface area contributed by atoms with Crippen molar-refractivity contribution in [1.82, 2.24) is 4.57 Å². The molecule has 1 aliphatic heterocycles. The van der Waals surface area contributed by atoms with Gasteiger partial charge in [-0.3, -0.25) is 4.79 Å². The molecule has 0 spiro atoms. The summed E-state index contributed by atoms with van der Waals surface area (Å²) in [6.07, 6.45) is 3.68. The van der Waals surface area contributed by atoms with E-state index in [-0.39, 0.29) is 17.8 Å². The number of benzene rings is 2. The van der Waals surface area contributed by atoms with Crippen LogP contribution >= 0.6 is 11.3 Å². The summed E-state index contributed by atoms with van der Waals surface area (Å²) in [4.78, 5) is 18.5. The van der Waals surface area contributed by atoms with Gasteiger partial charge in [0.25, 0.3) is 5.91 Å². The van der Waals surface area contributed by atoms with Gasteiger partial charge in [-0.2, -0.15) is 0 Å². The quantitative estimate of drug-likeness (QED) is 0.428. The summed E-state index contributed by atoms with van der Waals surface area (Å²) in [5.41, 5.74) is 2.78. The van der Waals surface area contributed by atoms with Crippen LogP contribution in [0, 0.1) is 0 Å². The molecule has 0 bridgehead atoms. The lowest BCUT2D eigenvalue weighted by molar-refractivity contribution is 0.0968. The number of carbonyl (C=O) groups is 1. The molecule has 3 heterocycles. The minimum atomic E-state index is -0.288. The van der Waals surface area contributed by atoms with Crippen LogP contribution in [0.15, 0.2) is 88.5 Å². The molecule has 0 aliphatic carbocycles. The second-order valence-electron chi connectivity index (χ2n) is 7.55. The van der Waals surface area contributed by atoms with E-state index in [0.29, 0.717) is 6.54 Å². The Morgan fingerprint density at radius 1 is 1.06 bits per heavy atom. The van der Waals surface area contributed by atoms with E-state index in [1.54, 1.807) is 12.1 Å². The van der Waals surface area contributed by atoms with E-state index in [2.05, 4.69) is 9.88 Å². The van der Waals surface area contributed by atoms with E-state index in [9.17, 15) is 4.79 Å². The number of ether oxygens (including phenoxy) is 1. The van der Waals surface area contributed by atoms with Crippen molar-refractivity contribution >= 4 is 27.9 Å². The van der Waals surface area contributed by atoms with E-state index in [1.807, 2.05) is 60.7 Å². The smallest absolute Gasteiger partial charge is 0.292 e. The second-order valence-corrected chi connectivity index (χ2v) is 8.53. The fourth-order valence-electron chi connectivity index (χ4n) is 3.81. The Morgan fingerprint density at radius 3 is 2.53 bits per heavy atom. The molecule has 7 heteroatoms. The van der Waals surface area contributed by atoms with Gasteiger partial charge in [0.2, 0.25) is 0 Å². The summed E-state index contributed by atoms with van der Waals surface area (Å²) in [5, 5.41) is 3.77. The number of rotatable bonds is 6. The highest BCUT2D eigenvalue weighted by Crippen LogP contribution is 2.32. The first-order valence-corrected chi connectivity index (χ1v) is 11.4. The lowest BCUT2D eigenvalue weighted by Crippen LogP contribution is -2.24. The van der Waals surface area contributed by atoms with Crippen LogP contribution in [-0.4, -0.2) is 23.2 Å². The first kappa shape index (κ1) is 20.5. The van der Waals surface area contributed by atoms with Crippen molar-refractivity contribution in [3.8, 4) is 11.3 Å². The van der Waals surface area contributed by atoms with Crippen LogP contribution in [0.4, 0.5) is 10.7 Å². The van der Waals surface area contributed by atoms with Crippen LogP contribution in [0.1, 0.15) is 23.4 Å². The maximum atomic E-state index is 12.8. The van der Waals surface area contributed by atoms with Crippen LogP contribution in [0.25, 0.3) is 11.3 Å². The van der Waals surface area contributed by atoms with E-state index in [0.717, 1.165) is 46.2 Å². The number of nitrogens with zero attached hydrogens (tertiary/aromatic N) is 2. The molecule has 1 amide bonds. The zero-order valence-corrected chi connectivity index (χ0v) is 18.3. The predicted molar refractivity (Wildman–Crippen MR) is 125 cm³/mol. The molecule has 1 fully saturated rings. The Hall–Kier alpha value is -3.42. The lowest BCUT2D eigenvalue weighted by atomic mass is 10.1. The maximum Gasteiger partial charge on any atom is 0.292 e. The van der Waals surface area contributed by atoms with Gasteiger partial charge in [-0.25, -0.2) is 4.99 Å².